The molecule has 2 N–H and O–H groups in total. The second-order valence-electron chi connectivity index (χ2n) is 8.03. The van der Waals surface area contributed by atoms with E-state index in [9.17, 15) is 10.2 Å². The summed E-state index contributed by atoms with van der Waals surface area (Å²) in [5, 5.41) is 21.4. The number of allylic oxidation sites excluding steroid dienone is 2. The van der Waals surface area contributed by atoms with Gasteiger partial charge in [0.15, 0.2) is 0 Å². The lowest BCUT2D eigenvalue weighted by Crippen LogP contribution is -2.23. The van der Waals surface area contributed by atoms with Crippen LogP contribution in [0.2, 0.25) is 0 Å². The van der Waals surface area contributed by atoms with E-state index in [2.05, 4.69) is 33.1 Å². The zero-order valence-corrected chi connectivity index (χ0v) is 16.4. The van der Waals surface area contributed by atoms with E-state index < -0.39 is 23.0 Å². The highest BCUT2D eigenvalue weighted by molar-refractivity contribution is 5.29. The molecule has 3 atom stereocenters. The van der Waals surface area contributed by atoms with Gasteiger partial charge < -0.3 is 10.2 Å². The first-order chi connectivity index (χ1) is 11.6. The molecular formula is C23H34O2. The van der Waals surface area contributed by atoms with Crippen molar-refractivity contribution in [2.24, 2.45) is 10.8 Å². The number of aliphatic hydroxyl groups excluding tert-OH is 2. The predicted octanol–water partition coefficient (Wildman–Crippen LogP) is 5.90. The van der Waals surface area contributed by atoms with Crippen molar-refractivity contribution < 1.29 is 10.2 Å². The van der Waals surface area contributed by atoms with E-state index in [-0.39, 0.29) is 0 Å². The molecular weight excluding hydrogens is 308 g/mol. The summed E-state index contributed by atoms with van der Waals surface area (Å²) in [6, 6.07) is 7.55. The second-order valence-corrected chi connectivity index (χ2v) is 8.03. The quantitative estimate of drug-likeness (QED) is 0.548. The average molecular weight is 343 g/mol. The molecule has 1 aromatic carbocycles. The molecule has 0 saturated heterocycles. The average Bonchev–Trinajstić information content (AvgIpc) is 2.60. The fourth-order valence-electron chi connectivity index (χ4n) is 2.80. The molecule has 3 unspecified atom stereocenters. The number of hydrogen-bond donors (Lipinski definition) is 2. The van der Waals surface area contributed by atoms with Crippen LogP contribution < -0.4 is 0 Å². The van der Waals surface area contributed by atoms with Gasteiger partial charge in [-0.1, -0.05) is 68.8 Å². The van der Waals surface area contributed by atoms with Gasteiger partial charge >= 0.3 is 0 Å². The monoisotopic (exact) mass is 342 g/mol. The Morgan fingerprint density at radius 1 is 0.960 bits per heavy atom. The maximum atomic E-state index is 10.9. The summed E-state index contributed by atoms with van der Waals surface area (Å²) in [6.45, 7) is 17.8. The number of hydrogen-bond acceptors (Lipinski definition) is 2. The third-order valence-electron chi connectivity index (χ3n) is 5.13. The molecule has 1 rings (SSSR count). The van der Waals surface area contributed by atoms with E-state index >= 15 is 0 Å². The highest BCUT2D eigenvalue weighted by Crippen LogP contribution is 2.40. The minimum absolute atomic E-state index is 0.396. The van der Waals surface area contributed by atoms with Crippen LogP contribution in [0.25, 0.3) is 0 Å². The van der Waals surface area contributed by atoms with E-state index in [0.29, 0.717) is 0 Å². The standard InChI is InChI=1S/C23H34O2/c1-8-22(5,6)20(24)18-12-14-19(15-13-18)21(25)23(7,9-2)16-10-11-17(3)4/h8-9,11-15,20-21,24-25H,1-2,10,16H2,3-7H3. The molecule has 0 heterocycles. The Hall–Kier alpha value is -1.64. The zero-order chi connectivity index (χ0) is 19.3. The van der Waals surface area contributed by atoms with E-state index in [4.69, 9.17) is 0 Å². The summed E-state index contributed by atoms with van der Waals surface area (Å²) in [5.74, 6) is 0. The summed E-state index contributed by atoms with van der Waals surface area (Å²) < 4.78 is 0. The van der Waals surface area contributed by atoms with Gasteiger partial charge in [-0.05, 0) is 37.8 Å². The Morgan fingerprint density at radius 3 is 1.84 bits per heavy atom. The van der Waals surface area contributed by atoms with E-state index in [1.54, 1.807) is 6.08 Å². The largest absolute Gasteiger partial charge is 0.388 e. The molecule has 0 spiro atoms. The van der Waals surface area contributed by atoms with Gasteiger partial charge in [0, 0.05) is 10.8 Å². The maximum absolute atomic E-state index is 10.9. The molecule has 2 heteroatoms. The van der Waals surface area contributed by atoms with E-state index in [0.717, 1.165) is 24.0 Å². The molecule has 0 aliphatic heterocycles. The zero-order valence-electron chi connectivity index (χ0n) is 16.4. The van der Waals surface area contributed by atoms with Crippen molar-refractivity contribution in [1.82, 2.24) is 0 Å². The minimum Gasteiger partial charge on any atom is -0.388 e. The van der Waals surface area contributed by atoms with Crippen LogP contribution in [0.1, 0.15) is 70.8 Å². The summed E-state index contributed by atoms with van der Waals surface area (Å²) in [7, 11) is 0. The van der Waals surface area contributed by atoms with E-state index in [1.165, 1.54) is 5.57 Å². The van der Waals surface area contributed by atoms with Crippen molar-refractivity contribution in [2.45, 2.75) is 59.7 Å². The van der Waals surface area contributed by atoms with E-state index in [1.807, 2.05) is 51.1 Å². The van der Waals surface area contributed by atoms with Gasteiger partial charge in [0.05, 0.1) is 12.2 Å². The first-order valence-corrected chi connectivity index (χ1v) is 8.94. The SMILES string of the molecule is C=CC(C)(C)C(O)c1ccc(C(O)C(C)(C=C)CCC=C(C)C)cc1. The van der Waals surface area contributed by atoms with Crippen LogP contribution in [0.15, 0.2) is 61.2 Å². The van der Waals surface area contributed by atoms with Crippen molar-refractivity contribution in [3.63, 3.8) is 0 Å². The Morgan fingerprint density at radius 2 is 1.44 bits per heavy atom. The van der Waals surface area contributed by atoms with Gasteiger partial charge in [-0.2, -0.15) is 0 Å². The molecule has 0 aliphatic carbocycles. The van der Waals surface area contributed by atoms with Crippen LogP contribution in [0.4, 0.5) is 0 Å². The van der Waals surface area contributed by atoms with Crippen molar-refractivity contribution in [3.05, 3.63) is 72.4 Å². The Labute approximate surface area is 153 Å². The molecule has 0 radical (unpaired) electrons. The normalized spacial score (nSPS) is 16.4. The minimum atomic E-state index is -0.630. The highest BCUT2D eigenvalue weighted by atomic mass is 16.3. The van der Waals surface area contributed by atoms with Crippen molar-refractivity contribution >= 4 is 0 Å². The molecule has 2 nitrogen and oxygen atoms in total. The number of rotatable bonds is 9. The highest BCUT2D eigenvalue weighted by Gasteiger charge is 2.31. The molecule has 0 fully saturated rings. The van der Waals surface area contributed by atoms with Gasteiger partial charge in [-0.3, -0.25) is 0 Å². The van der Waals surface area contributed by atoms with Crippen LogP contribution in [0.3, 0.4) is 0 Å². The fraction of sp³-hybridized carbons (Fsp3) is 0.478. The van der Waals surface area contributed by atoms with Crippen LogP contribution in [-0.2, 0) is 0 Å². The summed E-state index contributed by atoms with van der Waals surface area (Å²) in [5.41, 5.74) is 2.15. The molecule has 0 amide bonds. The lowest BCUT2D eigenvalue weighted by molar-refractivity contribution is 0.0641. The first kappa shape index (κ1) is 21.4. The van der Waals surface area contributed by atoms with Crippen molar-refractivity contribution in [3.8, 4) is 0 Å². The summed E-state index contributed by atoms with van der Waals surface area (Å²) >= 11 is 0. The molecule has 25 heavy (non-hydrogen) atoms. The van der Waals surface area contributed by atoms with Gasteiger partial charge in [0.2, 0.25) is 0 Å². The van der Waals surface area contributed by atoms with Crippen LogP contribution in [-0.4, -0.2) is 10.2 Å². The van der Waals surface area contributed by atoms with Crippen molar-refractivity contribution in [1.29, 1.82) is 0 Å². The fourth-order valence-corrected chi connectivity index (χ4v) is 2.80. The third kappa shape index (κ3) is 5.42. The number of aliphatic hydroxyl groups is 2. The van der Waals surface area contributed by atoms with Crippen LogP contribution in [0.5, 0.6) is 0 Å². The summed E-state index contributed by atoms with van der Waals surface area (Å²) in [4.78, 5) is 0. The molecule has 0 aromatic heterocycles. The van der Waals surface area contributed by atoms with Gasteiger partial charge in [0.1, 0.15) is 0 Å². The third-order valence-corrected chi connectivity index (χ3v) is 5.13. The lowest BCUT2D eigenvalue weighted by Gasteiger charge is -2.32. The lowest BCUT2D eigenvalue weighted by atomic mass is 9.76. The van der Waals surface area contributed by atoms with Gasteiger partial charge in [-0.25, -0.2) is 0 Å². The van der Waals surface area contributed by atoms with Gasteiger partial charge in [-0.15, -0.1) is 13.2 Å². The van der Waals surface area contributed by atoms with Crippen LogP contribution >= 0.6 is 0 Å². The predicted molar refractivity (Wildman–Crippen MR) is 107 cm³/mol. The second kappa shape index (κ2) is 8.64. The maximum Gasteiger partial charge on any atom is 0.0877 e. The molecule has 0 bridgehead atoms. The molecule has 0 saturated carbocycles. The van der Waals surface area contributed by atoms with Crippen LogP contribution in [0, 0.1) is 10.8 Å². The Bertz CT molecular complexity index is 605. The molecule has 1 aromatic rings. The first-order valence-electron chi connectivity index (χ1n) is 8.94. The molecule has 0 aliphatic rings. The number of benzene rings is 1. The Kier molecular flexibility index (Phi) is 7.40. The molecule has 138 valence electrons. The topological polar surface area (TPSA) is 40.5 Å². The Balaban J connectivity index is 2.97. The summed E-state index contributed by atoms with van der Waals surface area (Å²) in [6.07, 6.45) is 6.28. The van der Waals surface area contributed by atoms with Gasteiger partial charge in [0.25, 0.3) is 0 Å². The smallest absolute Gasteiger partial charge is 0.0877 e. The van der Waals surface area contributed by atoms with Crippen molar-refractivity contribution in [2.75, 3.05) is 0 Å².